The van der Waals surface area contributed by atoms with Crippen LogP contribution in [-0.4, -0.2) is 60.7 Å². The summed E-state index contributed by atoms with van der Waals surface area (Å²) >= 11 is 0. The molecule has 158 valence electrons. The number of nitrogens with one attached hydrogen (secondary N) is 2. The molecule has 2 N–H and O–H groups in total. The molecule has 0 aromatic carbocycles. The van der Waals surface area contributed by atoms with Gasteiger partial charge in [-0.2, -0.15) is 0 Å². The Morgan fingerprint density at radius 3 is 2.46 bits per heavy atom. The maximum Gasteiger partial charge on any atom is 0.191 e. The fourth-order valence-electron chi connectivity index (χ4n) is 3.89. The van der Waals surface area contributed by atoms with Crippen LogP contribution >= 0.6 is 24.0 Å². The molecule has 3 rings (SSSR count). The van der Waals surface area contributed by atoms with E-state index in [2.05, 4.69) is 58.3 Å². The average Bonchev–Trinajstić information content (AvgIpc) is 3.22. The summed E-state index contributed by atoms with van der Waals surface area (Å²) in [6.07, 6.45) is 6.88. The third-order valence-corrected chi connectivity index (χ3v) is 5.60. The molecule has 1 aromatic heterocycles. The molecule has 2 fully saturated rings. The first-order valence-corrected chi connectivity index (χ1v) is 10.6. The van der Waals surface area contributed by atoms with Crippen LogP contribution < -0.4 is 15.5 Å². The lowest BCUT2D eigenvalue weighted by Crippen LogP contribution is -2.49. The Morgan fingerprint density at radius 2 is 1.89 bits per heavy atom. The fraction of sp³-hybridized carbons (Fsp3) is 0.714. The van der Waals surface area contributed by atoms with Crippen molar-refractivity contribution in [1.29, 1.82) is 0 Å². The van der Waals surface area contributed by atoms with Gasteiger partial charge in [-0.3, -0.25) is 0 Å². The SMILES string of the molecule is CCNC(=NCc1ccc(N2CCCC2)nc1)NC1CCN(C(C)C)CC1.I. The summed E-state index contributed by atoms with van der Waals surface area (Å²) in [4.78, 5) is 14.3. The van der Waals surface area contributed by atoms with Gasteiger partial charge >= 0.3 is 0 Å². The lowest BCUT2D eigenvalue weighted by molar-refractivity contribution is 0.167. The number of hydrogen-bond donors (Lipinski definition) is 2. The summed E-state index contributed by atoms with van der Waals surface area (Å²) in [5, 5.41) is 7.01. The van der Waals surface area contributed by atoms with Crippen molar-refractivity contribution in [2.24, 2.45) is 4.99 Å². The Balaban J connectivity index is 0.00000280. The third-order valence-electron chi connectivity index (χ3n) is 5.60. The highest BCUT2D eigenvalue weighted by atomic mass is 127. The van der Waals surface area contributed by atoms with Crippen molar-refractivity contribution in [1.82, 2.24) is 20.5 Å². The predicted octanol–water partition coefficient (Wildman–Crippen LogP) is 3.23. The van der Waals surface area contributed by atoms with Crippen LogP contribution in [0.25, 0.3) is 0 Å². The first-order valence-electron chi connectivity index (χ1n) is 10.6. The Hall–Kier alpha value is -1.09. The smallest absolute Gasteiger partial charge is 0.191 e. The van der Waals surface area contributed by atoms with Crippen molar-refractivity contribution >= 4 is 35.8 Å². The van der Waals surface area contributed by atoms with Crippen LogP contribution in [0.2, 0.25) is 0 Å². The number of halogens is 1. The second-order valence-electron chi connectivity index (χ2n) is 7.96. The van der Waals surface area contributed by atoms with Gasteiger partial charge in [0.1, 0.15) is 5.82 Å². The Kier molecular flexibility index (Phi) is 9.77. The van der Waals surface area contributed by atoms with Gasteiger partial charge < -0.3 is 20.4 Å². The van der Waals surface area contributed by atoms with Crippen LogP contribution in [0, 0.1) is 0 Å². The average molecular weight is 500 g/mol. The topological polar surface area (TPSA) is 55.8 Å². The number of piperidine rings is 1. The molecule has 0 bridgehead atoms. The van der Waals surface area contributed by atoms with E-state index in [1.807, 2.05) is 6.20 Å². The van der Waals surface area contributed by atoms with Crippen LogP contribution in [0.4, 0.5) is 5.82 Å². The van der Waals surface area contributed by atoms with Gasteiger partial charge in [0, 0.05) is 51.0 Å². The summed E-state index contributed by atoms with van der Waals surface area (Å²) in [6, 6.07) is 5.45. The summed E-state index contributed by atoms with van der Waals surface area (Å²) in [5.41, 5.74) is 1.16. The van der Waals surface area contributed by atoms with Gasteiger partial charge in [0.05, 0.1) is 6.54 Å². The molecule has 28 heavy (non-hydrogen) atoms. The van der Waals surface area contributed by atoms with E-state index in [0.29, 0.717) is 18.6 Å². The quantitative estimate of drug-likeness (QED) is 0.357. The van der Waals surface area contributed by atoms with E-state index in [4.69, 9.17) is 4.99 Å². The highest BCUT2D eigenvalue weighted by Crippen LogP contribution is 2.18. The number of rotatable bonds is 6. The summed E-state index contributed by atoms with van der Waals surface area (Å²) in [7, 11) is 0. The van der Waals surface area contributed by atoms with Gasteiger partial charge in [0.25, 0.3) is 0 Å². The number of hydrogen-bond acceptors (Lipinski definition) is 4. The first-order chi connectivity index (χ1) is 13.2. The van der Waals surface area contributed by atoms with Crippen LogP contribution in [0.5, 0.6) is 0 Å². The van der Waals surface area contributed by atoms with E-state index in [0.717, 1.165) is 50.1 Å². The summed E-state index contributed by atoms with van der Waals surface area (Å²) < 4.78 is 0. The first kappa shape index (κ1) is 23.2. The molecule has 7 heteroatoms. The van der Waals surface area contributed by atoms with Crippen molar-refractivity contribution in [3.8, 4) is 0 Å². The highest BCUT2D eigenvalue weighted by Gasteiger charge is 2.21. The van der Waals surface area contributed by atoms with E-state index in [1.54, 1.807) is 0 Å². The molecule has 6 nitrogen and oxygen atoms in total. The van der Waals surface area contributed by atoms with Crippen LogP contribution in [0.15, 0.2) is 23.3 Å². The number of anilines is 1. The van der Waals surface area contributed by atoms with E-state index in [1.165, 1.54) is 25.7 Å². The summed E-state index contributed by atoms with van der Waals surface area (Å²) in [5.74, 6) is 2.02. The molecule has 0 unspecified atom stereocenters. The van der Waals surface area contributed by atoms with Gasteiger partial charge in [-0.1, -0.05) is 6.07 Å². The Labute approximate surface area is 187 Å². The number of nitrogens with zero attached hydrogens (tertiary/aromatic N) is 4. The molecule has 2 saturated heterocycles. The molecule has 0 radical (unpaired) electrons. The zero-order valence-corrected chi connectivity index (χ0v) is 20.0. The highest BCUT2D eigenvalue weighted by molar-refractivity contribution is 14.0. The van der Waals surface area contributed by atoms with Crippen LogP contribution in [-0.2, 0) is 6.54 Å². The molecule has 3 heterocycles. The monoisotopic (exact) mass is 500 g/mol. The summed E-state index contributed by atoms with van der Waals surface area (Å²) in [6.45, 7) is 12.8. The molecule has 0 aliphatic carbocycles. The van der Waals surface area contributed by atoms with Gasteiger partial charge in [-0.25, -0.2) is 9.98 Å². The number of aromatic nitrogens is 1. The number of aliphatic imine (C=N–C) groups is 1. The maximum absolute atomic E-state index is 4.79. The van der Waals surface area contributed by atoms with Crippen molar-refractivity contribution in [2.75, 3.05) is 37.6 Å². The van der Waals surface area contributed by atoms with Gasteiger partial charge in [0.2, 0.25) is 0 Å². The molecular formula is C21H37IN6. The van der Waals surface area contributed by atoms with Gasteiger partial charge in [-0.15, -0.1) is 24.0 Å². The lowest BCUT2D eigenvalue weighted by atomic mass is 10.0. The van der Waals surface area contributed by atoms with Crippen LogP contribution in [0.1, 0.15) is 52.0 Å². The van der Waals surface area contributed by atoms with Gasteiger partial charge in [0.15, 0.2) is 5.96 Å². The van der Waals surface area contributed by atoms with Crippen molar-refractivity contribution < 1.29 is 0 Å². The van der Waals surface area contributed by atoms with E-state index < -0.39 is 0 Å². The second kappa shape index (κ2) is 11.8. The van der Waals surface area contributed by atoms with Crippen molar-refractivity contribution in [2.45, 2.75) is 65.1 Å². The van der Waals surface area contributed by atoms with E-state index in [-0.39, 0.29) is 24.0 Å². The largest absolute Gasteiger partial charge is 0.357 e. The van der Waals surface area contributed by atoms with Crippen molar-refractivity contribution in [3.05, 3.63) is 23.9 Å². The second-order valence-corrected chi connectivity index (χ2v) is 7.96. The minimum Gasteiger partial charge on any atom is -0.357 e. The molecule has 2 aliphatic rings. The molecular weight excluding hydrogens is 463 g/mol. The van der Waals surface area contributed by atoms with Crippen molar-refractivity contribution in [3.63, 3.8) is 0 Å². The fourth-order valence-corrected chi connectivity index (χ4v) is 3.89. The zero-order chi connectivity index (χ0) is 19.1. The normalized spacial score (nSPS) is 19.0. The van der Waals surface area contributed by atoms with E-state index >= 15 is 0 Å². The molecule has 0 amide bonds. The zero-order valence-electron chi connectivity index (χ0n) is 17.7. The minimum absolute atomic E-state index is 0. The lowest BCUT2D eigenvalue weighted by Gasteiger charge is -2.35. The minimum atomic E-state index is 0. The molecule has 0 saturated carbocycles. The third kappa shape index (κ3) is 6.76. The molecule has 0 spiro atoms. The molecule has 0 atom stereocenters. The number of guanidine groups is 1. The standard InChI is InChI=1S/C21H36N6.HI/c1-4-22-21(25-19-9-13-26(14-10-19)17(2)3)24-16-18-7-8-20(23-15-18)27-11-5-6-12-27;/h7-8,15,17,19H,4-6,9-14,16H2,1-3H3,(H2,22,24,25);1H. The molecule has 1 aromatic rings. The Bertz CT molecular complexity index is 589. The van der Waals surface area contributed by atoms with Gasteiger partial charge in [-0.05, 0) is 58.1 Å². The maximum atomic E-state index is 4.79. The van der Waals surface area contributed by atoms with Crippen LogP contribution in [0.3, 0.4) is 0 Å². The number of pyridine rings is 1. The van der Waals surface area contributed by atoms with E-state index in [9.17, 15) is 0 Å². The number of likely N-dealkylation sites (tertiary alicyclic amines) is 1. The Morgan fingerprint density at radius 1 is 1.18 bits per heavy atom. The molecule has 2 aliphatic heterocycles. The predicted molar refractivity (Wildman–Crippen MR) is 129 cm³/mol.